The number of hydrogen-bond acceptors (Lipinski definition) is 5. The van der Waals surface area contributed by atoms with E-state index in [-0.39, 0.29) is 18.0 Å². The average Bonchev–Trinajstić information content (AvgIpc) is 2.47. The number of halogens is 2. The number of hydrogen-bond donors (Lipinski definition) is 2. The quantitative estimate of drug-likeness (QED) is 0.487. The van der Waals surface area contributed by atoms with Gasteiger partial charge in [-0.2, -0.15) is 0 Å². The van der Waals surface area contributed by atoms with E-state index in [1.807, 2.05) is 0 Å². The summed E-state index contributed by atoms with van der Waals surface area (Å²) in [4.78, 5) is 10.4. The van der Waals surface area contributed by atoms with Crippen molar-refractivity contribution >= 4 is 27.3 Å². The van der Waals surface area contributed by atoms with Crippen LogP contribution in [0.5, 0.6) is 5.75 Å². The first kappa shape index (κ1) is 15.2. The third-order valence-electron chi connectivity index (χ3n) is 2.70. The van der Waals surface area contributed by atoms with Crippen LogP contribution < -0.4 is 16.0 Å². The number of ether oxygens (including phenoxy) is 1. The van der Waals surface area contributed by atoms with Gasteiger partial charge in [0.05, 0.1) is 9.40 Å². The Morgan fingerprint density at radius 2 is 2.10 bits per heavy atom. The molecule has 6 nitrogen and oxygen atoms in total. The van der Waals surface area contributed by atoms with Gasteiger partial charge in [0.2, 0.25) is 0 Å². The van der Waals surface area contributed by atoms with Gasteiger partial charge < -0.3 is 10.2 Å². The molecule has 0 saturated heterocycles. The zero-order valence-corrected chi connectivity index (χ0v) is 12.3. The molecule has 0 aliphatic rings. The molecule has 0 aliphatic heterocycles. The molecule has 0 saturated carbocycles. The van der Waals surface area contributed by atoms with Gasteiger partial charge in [0, 0.05) is 12.1 Å². The van der Waals surface area contributed by atoms with Crippen molar-refractivity contribution in [1.82, 2.24) is 0 Å². The van der Waals surface area contributed by atoms with Crippen molar-refractivity contribution in [3.05, 3.63) is 62.4 Å². The number of benzene rings is 2. The Morgan fingerprint density at radius 3 is 2.76 bits per heavy atom. The van der Waals surface area contributed by atoms with Gasteiger partial charge in [-0.3, -0.25) is 16.0 Å². The summed E-state index contributed by atoms with van der Waals surface area (Å²) in [5.41, 5.74) is 2.87. The van der Waals surface area contributed by atoms with Gasteiger partial charge >= 0.3 is 0 Å². The molecule has 2 rings (SSSR count). The van der Waals surface area contributed by atoms with Crippen molar-refractivity contribution in [1.29, 1.82) is 0 Å². The van der Waals surface area contributed by atoms with Crippen LogP contribution in [0.25, 0.3) is 0 Å². The molecule has 0 spiro atoms. The lowest BCUT2D eigenvalue weighted by atomic mass is 10.2. The minimum atomic E-state index is -0.545. The number of nitrogen functional groups attached to an aromatic ring is 1. The number of nitrogens with two attached hydrogens (primary N) is 1. The predicted octanol–water partition coefficient (Wildman–Crippen LogP) is 3.36. The van der Waals surface area contributed by atoms with E-state index in [1.54, 1.807) is 6.07 Å². The first-order valence-electron chi connectivity index (χ1n) is 5.83. The number of nitro benzene ring substituents is 1. The Labute approximate surface area is 128 Å². The van der Waals surface area contributed by atoms with Crippen LogP contribution >= 0.6 is 15.9 Å². The maximum absolute atomic E-state index is 13.1. The second-order valence-electron chi connectivity index (χ2n) is 4.12. The van der Waals surface area contributed by atoms with Crippen molar-refractivity contribution < 1.29 is 14.1 Å². The molecule has 0 bridgehead atoms. The normalized spacial score (nSPS) is 10.2. The molecular weight excluding hydrogens is 345 g/mol. The number of rotatable bonds is 5. The van der Waals surface area contributed by atoms with E-state index in [1.165, 1.54) is 30.3 Å². The molecule has 0 radical (unpaired) electrons. The molecule has 0 amide bonds. The Bertz CT molecular complexity index is 682. The van der Waals surface area contributed by atoms with Crippen LogP contribution in [0.15, 0.2) is 40.9 Å². The number of anilines is 1. The average molecular weight is 356 g/mol. The Hall–Kier alpha value is -2.19. The fourth-order valence-electron chi connectivity index (χ4n) is 1.69. The van der Waals surface area contributed by atoms with Crippen molar-refractivity contribution in [2.45, 2.75) is 6.61 Å². The van der Waals surface area contributed by atoms with E-state index in [0.29, 0.717) is 15.8 Å². The lowest BCUT2D eigenvalue weighted by Gasteiger charge is -2.09. The first-order valence-corrected chi connectivity index (χ1v) is 6.62. The zero-order valence-electron chi connectivity index (χ0n) is 10.7. The van der Waals surface area contributed by atoms with E-state index in [2.05, 4.69) is 21.4 Å². The Balaban J connectivity index is 2.18. The fraction of sp³-hybridized carbons (Fsp3) is 0.0769. The van der Waals surface area contributed by atoms with E-state index in [0.717, 1.165) is 0 Å². The lowest BCUT2D eigenvalue weighted by molar-refractivity contribution is -0.384. The maximum atomic E-state index is 13.1. The third-order valence-corrected chi connectivity index (χ3v) is 3.36. The van der Waals surface area contributed by atoms with Gasteiger partial charge in [0.25, 0.3) is 5.69 Å². The van der Waals surface area contributed by atoms with Crippen LogP contribution in [-0.4, -0.2) is 4.92 Å². The maximum Gasteiger partial charge on any atom is 0.294 e. The van der Waals surface area contributed by atoms with Gasteiger partial charge in [-0.05, 0) is 39.7 Å². The second-order valence-corrected chi connectivity index (χ2v) is 4.97. The molecule has 2 aromatic rings. The highest BCUT2D eigenvalue weighted by molar-refractivity contribution is 9.10. The molecule has 110 valence electrons. The molecule has 0 unspecified atom stereocenters. The number of nitrogens with zero attached hydrogens (tertiary/aromatic N) is 1. The summed E-state index contributed by atoms with van der Waals surface area (Å²) in [6.07, 6.45) is 0. The van der Waals surface area contributed by atoms with Crippen LogP contribution in [0.1, 0.15) is 5.56 Å². The summed E-state index contributed by atoms with van der Waals surface area (Å²) in [7, 11) is 0. The second kappa shape index (κ2) is 6.51. The minimum Gasteiger partial charge on any atom is -0.488 e. The van der Waals surface area contributed by atoms with E-state index in [4.69, 9.17) is 10.6 Å². The molecule has 8 heteroatoms. The summed E-state index contributed by atoms with van der Waals surface area (Å²) in [5.74, 6) is 5.10. The highest BCUT2D eigenvalue weighted by Crippen LogP contribution is 2.28. The van der Waals surface area contributed by atoms with Crippen LogP contribution in [0.3, 0.4) is 0 Å². The Kier molecular flexibility index (Phi) is 4.71. The van der Waals surface area contributed by atoms with E-state index >= 15 is 0 Å². The fourth-order valence-corrected chi connectivity index (χ4v) is 2.05. The van der Waals surface area contributed by atoms with Crippen molar-refractivity contribution in [3.8, 4) is 5.75 Å². The van der Waals surface area contributed by atoms with Crippen LogP contribution in [0, 0.1) is 15.9 Å². The van der Waals surface area contributed by atoms with Crippen molar-refractivity contribution in [2.75, 3.05) is 5.43 Å². The monoisotopic (exact) mass is 355 g/mol. The molecule has 0 fully saturated rings. The highest BCUT2D eigenvalue weighted by Gasteiger charge is 2.14. The van der Waals surface area contributed by atoms with Gasteiger partial charge in [-0.1, -0.05) is 6.07 Å². The summed E-state index contributed by atoms with van der Waals surface area (Å²) >= 11 is 3.24. The van der Waals surface area contributed by atoms with Gasteiger partial charge in [-0.25, -0.2) is 4.39 Å². The molecule has 3 N–H and O–H groups in total. The molecule has 21 heavy (non-hydrogen) atoms. The summed E-state index contributed by atoms with van der Waals surface area (Å²) < 4.78 is 19.2. The molecule has 0 aromatic heterocycles. The molecule has 2 aromatic carbocycles. The van der Waals surface area contributed by atoms with Crippen LogP contribution in [-0.2, 0) is 6.61 Å². The summed E-state index contributed by atoms with van der Waals surface area (Å²) in [6.45, 7) is 0.0632. The van der Waals surface area contributed by atoms with Crippen molar-refractivity contribution in [3.63, 3.8) is 0 Å². The molecule has 0 heterocycles. The van der Waals surface area contributed by atoms with Gasteiger partial charge in [0.1, 0.15) is 23.9 Å². The zero-order chi connectivity index (χ0) is 15.4. The molecule has 0 aliphatic carbocycles. The number of nitro groups is 1. The smallest absolute Gasteiger partial charge is 0.294 e. The van der Waals surface area contributed by atoms with Gasteiger partial charge in [0.15, 0.2) is 0 Å². The van der Waals surface area contributed by atoms with Crippen LogP contribution in [0.4, 0.5) is 15.8 Å². The molecular formula is C13H11BrFN3O3. The predicted molar refractivity (Wildman–Crippen MR) is 79.3 cm³/mol. The number of nitrogens with one attached hydrogen (secondary N) is 1. The SMILES string of the molecule is NNc1ccc(COc2cc(F)ccc2Br)cc1[N+](=O)[O-]. The number of hydrazine groups is 1. The topological polar surface area (TPSA) is 90.4 Å². The third kappa shape index (κ3) is 3.67. The first-order chi connectivity index (χ1) is 10.0. The molecule has 0 atom stereocenters. The van der Waals surface area contributed by atoms with E-state index < -0.39 is 10.7 Å². The van der Waals surface area contributed by atoms with Crippen molar-refractivity contribution in [2.24, 2.45) is 5.84 Å². The highest BCUT2D eigenvalue weighted by atomic mass is 79.9. The largest absolute Gasteiger partial charge is 0.488 e. The minimum absolute atomic E-state index is 0.0632. The summed E-state index contributed by atoms with van der Waals surface area (Å²) in [6, 6.07) is 8.52. The lowest BCUT2D eigenvalue weighted by Crippen LogP contribution is -2.09. The van der Waals surface area contributed by atoms with Crippen LogP contribution in [0.2, 0.25) is 0 Å². The van der Waals surface area contributed by atoms with E-state index in [9.17, 15) is 14.5 Å². The summed E-state index contributed by atoms with van der Waals surface area (Å²) in [5, 5.41) is 10.9. The Morgan fingerprint density at radius 1 is 1.33 bits per heavy atom. The van der Waals surface area contributed by atoms with Gasteiger partial charge in [-0.15, -0.1) is 0 Å². The standard InChI is InChI=1S/C13H11BrFN3O3/c14-10-3-2-9(15)6-13(10)21-7-8-1-4-11(17-16)12(5-8)18(19)20/h1-6,17H,7,16H2.